The average molecular weight is 306 g/mol. The largest absolute Gasteiger partial charge is 0.490 e. The summed E-state index contributed by atoms with van der Waals surface area (Å²) in [5.74, 6) is 1.55. The predicted octanol–water partition coefficient (Wildman–Crippen LogP) is 4.42. The summed E-state index contributed by atoms with van der Waals surface area (Å²) in [4.78, 5) is 4.51. The zero-order valence-electron chi connectivity index (χ0n) is 13.0. The number of anilines is 1. The molecule has 2 rings (SSSR count). The molecule has 0 saturated carbocycles. The minimum Gasteiger partial charge on any atom is -0.490 e. The van der Waals surface area contributed by atoms with E-state index < -0.39 is 0 Å². The first-order chi connectivity index (χ1) is 10.1. The lowest BCUT2D eigenvalue weighted by molar-refractivity contribution is 0.288. The molecule has 1 heterocycles. The molecule has 0 aliphatic carbocycles. The van der Waals surface area contributed by atoms with E-state index in [0.717, 1.165) is 27.9 Å². The second-order valence-electron chi connectivity index (χ2n) is 4.68. The van der Waals surface area contributed by atoms with Crippen LogP contribution in [0.1, 0.15) is 37.5 Å². The number of ether oxygens (including phenoxy) is 2. The van der Waals surface area contributed by atoms with E-state index in [1.54, 1.807) is 11.3 Å². The summed E-state index contributed by atoms with van der Waals surface area (Å²) in [5.41, 5.74) is 2.06. The molecule has 114 valence electrons. The van der Waals surface area contributed by atoms with Gasteiger partial charge in [0.15, 0.2) is 11.5 Å². The van der Waals surface area contributed by atoms with Crippen molar-refractivity contribution in [1.29, 1.82) is 0 Å². The van der Waals surface area contributed by atoms with E-state index in [1.807, 2.05) is 39.0 Å². The first-order valence-corrected chi connectivity index (χ1v) is 8.10. The Morgan fingerprint density at radius 1 is 1.19 bits per heavy atom. The summed E-state index contributed by atoms with van der Waals surface area (Å²) in [6, 6.07) is 6.07. The fraction of sp³-hybridized carbons (Fsp3) is 0.438. The van der Waals surface area contributed by atoms with Gasteiger partial charge in [-0.2, -0.15) is 0 Å². The molecule has 1 N–H and O–H groups in total. The van der Waals surface area contributed by atoms with Crippen molar-refractivity contribution >= 4 is 17.0 Å². The molecule has 4 nitrogen and oxygen atoms in total. The Hall–Kier alpha value is -1.75. The van der Waals surface area contributed by atoms with Gasteiger partial charge in [0.25, 0.3) is 0 Å². The molecule has 0 aliphatic heterocycles. The topological polar surface area (TPSA) is 43.4 Å². The molecule has 0 radical (unpaired) electrons. The molecular weight excluding hydrogens is 284 g/mol. The lowest BCUT2D eigenvalue weighted by Gasteiger charge is -2.16. The van der Waals surface area contributed by atoms with Crippen LogP contribution in [0.25, 0.3) is 0 Å². The Bertz CT molecular complexity index is 583. The van der Waals surface area contributed by atoms with Crippen molar-refractivity contribution in [2.45, 2.75) is 33.7 Å². The standard InChI is InChI=1S/C16H22N2O2S/c1-5-19-15-8-7-13(9-16(15)20-6-2)17-11(3)14-10-21-12(4)18-14/h7-11,17H,5-6H2,1-4H3. The van der Waals surface area contributed by atoms with Crippen LogP contribution in [0.15, 0.2) is 23.6 Å². The smallest absolute Gasteiger partial charge is 0.163 e. The molecule has 5 heteroatoms. The number of nitrogens with zero attached hydrogens (tertiary/aromatic N) is 1. The van der Waals surface area contributed by atoms with Crippen LogP contribution >= 0.6 is 11.3 Å². The summed E-state index contributed by atoms with van der Waals surface area (Å²) in [6.45, 7) is 9.30. The molecular formula is C16H22N2O2S. The first-order valence-electron chi connectivity index (χ1n) is 7.22. The molecule has 1 atom stereocenters. The second-order valence-corrected chi connectivity index (χ2v) is 5.75. The van der Waals surface area contributed by atoms with Gasteiger partial charge >= 0.3 is 0 Å². The van der Waals surface area contributed by atoms with Crippen molar-refractivity contribution in [3.8, 4) is 11.5 Å². The van der Waals surface area contributed by atoms with Crippen LogP contribution < -0.4 is 14.8 Å². The summed E-state index contributed by atoms with van der Waals surface area (Å²) < 4.78 is 11.2. The predicted molar refractivity (Wildman–Crippen MR) is 87.7 cm³/mol. The zero-order valence-corrected chi connectivity index (χ0v) is 13.8. The molecule has 0 saturated heterocycles. The number of aromatic nitrogens is 1. The molecule has 2 aromatic rings. The number of benzene rings is 1. The van der Waals surface area contributed by atoms with E-state index in [1.165, 1.54) is 0 Å². The van der Waals surface area contributed by atoms with Crippen LogP contribution in [-0.4, -0.2) is 18.2 Å². The van der Waals surface area contributed by atoms with Crippen LogP contribution in [0.2, 0.25) is 0 Å². The number of hydrogen-bond donors (Lipinski definition) is 1. The number of aryl methyl sites for hydroxylation is 1. The lowest BCUT2D eigenvalue weighted by atomic mass is 10.2. The number of nitrogens with one attached hydrogen (secondary N) is 1. The molecule has 1 aromatic heterocycles. The Kier molecular flexibility index (Phi) is 5.44. The Morgan fingerprint density at radius 2 is 1.90 bits per heavy atom. The highest BCUT2D eigenvalue weighted by molar-refractivity contribution is 7.09. The van der Waals surface area contributed by atoms with Gasteiger partial charge in [0, 0.05) is 17.1 Å². The monoisotopic (exact) mass is 306 g/mol. The van der Waals surface area contributed by atoms with Crippen LogP contribution in [0, 0.1) is 6.92 Å². The molecule has 1 unspecified atom stereocenters. The third-order valence-corrected chi connectivity index (χ3v) is 3.80. The minimum atomic E-state index is 0.155. The van der Waals surface area contributed by atoms with Gasteiger partial charge in [-0.25, -0.2) is 4.98 Å². The third-order valence-electron chi connectivity index (χ3n) is 3.01. The van der Waals surface area contributed by atoms with Gasteiger partial charge in [-0.1, -0.05) is 0 Å². The maximum absolute atomic E-state index is 5.64. The van der Waals surface area contributed by atoms with Crippen molar-refractivity contribution in [2.24, 2.45) is 0 Å². The van der Waals surface area contributed by atoms with Crippen molar-refractivity contribution in [2.75, 3.05) is 18.5 Å². The normalized spacial score (nSPS) is 12.0. The third kappa shape index (κ3) is 4.11. The molecule has 0 amide bonds. The van der Waals surface area contributed by atoms with Gasteiger partial charge in [-0.15, -0.1) is 11.3 Å². The van der Waals surface area contributed by atoms with Crippen LogP contribution in [0.4, 0.5) is 5.69 Å². The van der Waals surface area contributed by atoms with Crippen LogP contribution in [-0.2, 0) is 0 Å². The first kappa shape index (κ1) is 15.6. The second kappa shape index (κ2) is 7.31. The van der Waals surface area contributed by atoms with E-state index >= 15 is 0 Å². The Labute approximate surface area is 130 Å². The number of hydrogen-bond acceptors (Lipinski definition) is 5. The van der Waals surface area contributed by atoms with Crippen LogP contribution in [0.5, 0.6) is 11.5 Å². The molecule has 21 heavy (non-hydrogen) atoms. The van der Waals surface area contributed by atoms with E-state index in [2.05, 4.69) is 22.6 Å². The van der Waals surface area contributed by atoms with Gasteiger partial charge < -0.3 is 14.8 Å². The minimum absolute atomic E-state index is 0.155. The van der Waals surface area contributed by atoms with E-state index in [9.17, 15) is 0 Å². The maximum atomic E-state index is 5.64. The number of thiazole rings is 1. The van der Waals surface area contributed by atoms with E-state index in [-0.39, 0.29) is 6.04 Å². The molecule has 0 fully saturated rings. The van der Waals surface area contributed by atoms with Gasteiger partial charge in [-0.3, -0.25) is 0 Å². The highest BCUT2D eigenvalue weighted by Crippen LogP contribution is 2.32. The zero-order chi connectivity index (χ0) is 15.2. The van der Waals surface area contributed by atoms with Gasteiger partial charge in [-0.05, 0) is 39.8 Å². The summed E-state index contributed by atoms with van der Waals surface area (Å²) in [7, 11) is 0. The van der Waals surface area contributed by atoms with Crippen molar-refractivity contribution in [3.63, 3.8) is 0 Å². The van der Waals surface area contributed by atoms with E-state index in [0.29, 0.717) is 13.2 Å². The Balaban J connectivity index is 2.14. The number of rotatable bonds is 7. The lowest BCUT2D eigenvalue weighted by Crippen LogP contribution is -2.07. The maximum Gasteiger partial charge on any atom is 0.163 e. The van der Waals surface area contributed by atoms with Crippen LogP contribution in [0.3, 0.4) is 0 Å². The van der Waals surface area contributed by atoms with Crippen molar-refractivity contribution in [3.05, 3.63) is 34.3 Å². The molecule has 0 bridgehead atoms. The fourth-order valence-corrected chi connectivity index (χ4v) is 2.75. The van der Waals surface area contributed by atoms with Gasteiger partial charge in [0.1, 0.15) is 0 Å². The van der Waals surface area contributed by atoms with Gasteiger partial charge in [0.2, 0.25) is 0 Å². The van der Waals surface area contributed by atoms with Gasteiger partial charge in [0.05, 0.1) is 30.0 Å². The van der Waals surface area contributed by atoms with Crippen molar-refractivity contribution in [1.82, 2.24) is 4.98 Å². The van der Waals surface area contributed by atoms with E-state index in [4.69, 9.17) is 9.47 Å². The highest BCUT2D eigenvalue weighted by atomic mass is 32.1. The summed E-state index contributed by atoms with van der Waals surface area (Å²) in [5, 5.41) is 6.62. The SMILES string of the molecule is CCOc1ccc(NC(C)c2csc(C)n2)cc1OCC. The fourth-order valence-electron chi connectivity index (χ4n) is 2.04. The molecule has 0 aliphatic rings. The van der Waals surface area contributed by atoms with Crippen molar-refractivity contribution < 1.29 is 9.47 Å². The Morgan fingerprint density at radius 3 is 2.52 bits per heavy atom. The highest BCUT2D eigenvalue weighted by Gasteiger charge is 2.11. The average Bonchev–Trinajstić information content (AvgIpc) is 2.89. The summed E-state index contributed by atoms with van der Waals surface area (Å²) in [6.07, 6.45) is 0. The summed E-state index contributed by atoms with van der Waals surface area (Å²) >= 11 is 1.67. The molecule has 0 spiro atoms. The molecule has 1 aromatic carbocycles. The quantitative estimate of drug-likeness (QED) is 0.822.